The first-order chi connectivity index (χ1) is 11.7. The summed E-state index contributed by atoms with van der Waals surface area (Å²) in [4.78, 5) is 12.1. The Hall–Kier alpha value is -2.27. The Morgan fingerprint density at radius 2 is 1.83 bits per heavy atom. The molecule has 0 aliphatic heterocycles. The molecule has 3 N–H and O–H groups in total. The molecule has 0 radical (unpaired) electrons. The number of halogens is 1. The minimum atomic E-state index is -0.242. The zero-order chi connectivity index (χ0) is 16.5. The number of benzene rings is 1. The molecule has 0 bridgehead atoms. The Morgan fingerprint density at radius 3 is 2.58 bits per heavy atom. The number of aromatic amines is 1. The largest absolute Gasteiger partial charge is 0.345 e. The maximum absolute atomic E-state index is 13.2. The van der Waals surface area contributed by atoms with Gasteiger partial charge in [0.15, 0.2) is 0 Å². The zero-order valence-corrected chi connectivity index (χ0v) is 13.5. The summed E-state index contributed by atoms with van der Waals surface area (Å²) in [5.41, 5.74) is 10.2. The number of hydrogen-bond acceptors (Lipinski definition) is 3. The Labute approximate surface area is 140 Å². The van der Waals surface area contributed by atoms with Crippen LogP contribution in [0.25, 0.3) is 22.2 Å². The Morgan fingerprint density at radius 1 is 1.08 bits per heavy atom. The van der Waals surface area contributed by atoms with E-state index in [-0.39, 0.29) is 11.9 Å². The van der Waals surface area contributed by atoms with Crippen molar-refractivity contribution in [2.24, 2.45) is 11.7 Å². The van der Waals surface area contributed by atoms with E-state index in [1.807, 2.05) is 6.20 Å². The molecule has 1 saturated carbocycles. The van der Waals surface area contributed by atoms with E-state index in [1.54, 1.807) is 18.5 Å². The molecule has 4 rings (SSSR count). The number of hydrogen-bond donors (Lipinski definition) is 2. The van der Waals surface area contributed by atoms with Crippen molar-refractivity contribution in [1.29, 1.82) is 0 Å². The normalized spacial score (nSPS) is 17.2. The third-order valence-corrected chi connectivity index (χ3v) is 5.13. The minimum absolute atomic E-state index is 0.0919. The summed E-state index contributed by atoms with van der Waals surface area (Å²) in [6.45, 7) is 0. The van der Waals surface area contributed by atoms with E-state index >= 15 is 0 Å². The predicted octanol–water partition coefficient (Wildman–Crippen LogP) is 4.34. The molecule has 1 unspecified atom stereocenters. The third kappa shape index (κ3) is 2.69. The van der Waals surface area contributed by atoms with Crippen molar-refractivity contribution in [3.8, 4) is 11.1 Å². The molecule has 0 saturated heterocycles. The number of fused-ring (bicyclic) bond motifs is 1. The van der Waals surface area contributed by atoms with Gasteiger partial charge in [0.05, 0.1) is 11.7 Å². The van der Waals surface area contributed by atoms with Crippen molar-refractivity contribution in [2.45, 2.75) is 38.1 Å². The highest BCUT2D eigenvalue weighted by molar-refractivity contribution is 5.95. The fourth-order valence-electron chi connectivity index (χ4n) is 3.81. The van der Waals surface area contributed by atoms with Crippen LogP contribution < -0.4 is 5.73 Å². The lowest BCUT2D eigenvalue weighted by molar-refractivity contribution is 0.306. The Kier molecular flexibility index (Phi) is 4.02. The fraction of sp³-hybridized carbons (Fsp3) is 0.368. The van der Waals surface area contributed by atoms with Gasteiger partial charge < -0.3 is 10.7 Å². The summed E-state index contributed by atoms with van der Waals surface area (Å²) in [6.07, 6.45) is 9.57. The minimum Gasteiger partial charge on any atom is -0.345 e. The van der Waals surface area contributed by atoms with Crippen LogP contribution in [0.1, 0.15) is 43.8 Å². The maximum atomic E-state index is 13.2. The molecule has 0 spiro atoms. The number of nitrogens with two attached hydrogens (primary N) is 1. The van der Waals surface area contributed by atoms with Crippen molar-refractivity contribution >= 4 is 11.0 Å². The van der Waals surface area contributed by atoms with Crippen LogP contribution in [0.15, 0.2) is 36.8 Å². The van der Waals surface area contributed by atoms with Gasteiger partial charge in [-0.15, -0.1) is 0 Å². The molecule has 2 aromatic heterocycles. The quantitative estimate of drug-likeness (QED) is 0.753. The van der Waals surface area contributed by atoms with Gasteiger partial charge in [-0.05, 0) is 36.5 Å². The second kappa shape index (κ2) is 6.32. The first-order valence-electron chi connectivity index (χ1n) is 8.57. The molecular weight excluding hydrogens is 303 g/mol. The first kappa shape index (κ1) is 15.3. The van der Waals surface area contributed by atoms with E-state index in [0.717, 1.165) is 40.7 Å². The average molecular weight is 324 g/mol. The highest BCUT2D eigenvalue weighted by Gasteiger charge is 2.26. The van der Waals surface area contributed by atoms with Crippen LogP contribution in [0.5, 0.6) is 0 Å². The average Bonchev–Trinajstić information content (AvgIpc) is 3.07. The van der Waals surface area contributed by atoms with Crippen LogP contribution in [0.2, 0.25) is 0 Å². The van der Waals surface area contributed by atoms with Crippen molar-refractivity contribution in [3.05, 3.63) is 48.3 Å². The SMILES string of the molecule is NC(c1ncnc2[nH]cc(-c3ccc(F)cc3)c12)C1CCCCC1. The molecule has 1 aromatic carbocycles. The Balaban J connectivity index is 1.81. The zero-order valence-electron chi connectivity index (χ0n) is 13.5. The second-order valence-electron chi connectivity index (χ2n) is 6.62. The monoisotopic (exact) mass is 324 g/mol. The molecule has 2 heterocycles. The highest BCUT2D eigenvalue weighted by atomic mass is 19.1. The van der Waals surface area contributed by atoms with Gasteiger partial charge in [0, 0.05) is 17.1 Å². The van der Waals surface area contributed by atoms with E-state index < -0.39 is 0 Å². The van der Waals surface area contributed by atoms with Crippen molar-refractivity contribution in [2.75, 3.05) is 0 Å². The third-order valence-electron chi connectivity index (χ3n) is 5.13. The molecule has 0 amide bonds. The smallest absolute Gasteiger partial charge is 0.141 e. The van der Waals surface area contributed by atoms with Crippen molar-refractivity contribution in [1.82, 2.24) is 15.0 Å². The number of nitrogens with zero attached hydrogens (tertiary/aromatic N) is 2. The molecule has 1 atom stereocenters. The van der Waals surface area contributed by atoms with Crippen LogP contribution in [0, 0.1) is 11.7 Å². The van der Waals surface area contributed by atoms with E-state index in [1.165, 1.54) is 31.4 Å². The predicted molar refractivity (Wildman–Crippen MR) is 92.8 cm³/mol. The molecule has 1 aliphatic carbocycles. The van der Waals surface area contributed by atoms with Crippen LogP contribution in [0.4, 0.5) is 4.39 Å². The fourth-order valence-corrected chi connectivity index (χ4v) is 3.81. The number of rotatable bonds is 3. The van der Waals surface area contributed by atoms with Gasteiger partial charge in [-0.25, -0.2) is 14.4 Å². The molecule has 24 heavy (non-hydrogen) atoms. The van der Waals surface area contributed by atoms with E-state index in [0.29, 0.717) is 5.92 Å². The van der Waals surface area contributed by atoms with Gasteiger partial charge in [-0.1, -0.05) is 31.4 Å². The van der Waals surface area contributed by atoms with Crippen LogP contribution in [0.3, 0.4) is 0 Å². The molecule has 4 nitrogen and oxygen atoms in total. The van der Waals surface area contributed by atoms with Gasteiger partial charge in [0.2, 0.25) is 0 Å². The molecule has 3 aromatic rings. The number of aromatic nitrogens is 3. The summed E-state index contributed by atoms with van der Waals surface area (Å²) < 4.78 is 13.2. The van der Waals surface area contributed by atoms with E-state index in [4.69, 9.17) is 5.73 Å². The van der Waals surface area contributed by atoms with Gasteiger partial charge >= 0.3 is 0 Å². The summed E-state index contributed by atoms with van der Waals surface area (Å²) in [5.74, 6) is 0.224. The topological polar surface area (TPSA) is 67.6 Å². The lowest BCUT2D eigenvalue weighted by atomic mass is 9.82. The lowest BCUT2D eigenvalue weighted by Gasteiger charge is -2.27. The summed E-state index contributed by atoms with van der Waals surface area (Å²) in [6, 6.07) is 6.41. The summed E-state index contributed by atoms with van der Waals surface area (Å²) >= 11 is 0. The van der Waals surface area contributed by atoms with Gasteiger partial charge in [-0.2, -0.15) is 0 Å². The Bertz CT molecular complexity index is 834. The van der Waals surface area contributed by atoms with E-state index in [9.17, 15) is 4.39 Å². The van der Waals surface area contributed by atoms with Crippen LogP contribution >= 0.6 is 0 Å². The van der Waals surface area contributed by atoms with Crippen LogP contribution in [-0.4, -0.2) is 15.0 Å². The summed E-state index contributed by atoms with van der Waals surface area (Å²) in [5, 5.41) is 0.960. The molecule has 5 heteroatoms. The second-order valence-corrected chi connectivity index (χ2v) is 6.62. The van der Waals surface area contributed by atoms with E-state index in [2.05, 4.69) is 15.0 Å². The van der Waals surface area contributed by atoms with Crippen molar-refractivity contribution in [3.63, 3.8) is 0 Å². The van der Waals surface area contributed by atoms with Gasteiger partial charge in [-0.3, -0.25) is 0 Å². The number of H-pyrrole nitrogens is 1. The van der Waals surface area contributed by atoms with Crippen LogP contribution in [-0.2, 0) is 0 Å². The highest BCUT2D eigenvalue weighted by Crippen LogP contribution is 2.37. The molecule has 1 aliphatic rings. The van der Waals surface area contributed by atoms with Gasteiger partial charge in [0.1, 0.15) is 17.8 Å². The maximum Gasteiger partial charge on any atom is 0.141 e. The molecule has 124 valence electrons. The standard InChI is InChI=1S/C19H21FN4/c20-14-8-6-12(7-9-14)15-10-22-19-16(15)18(23-11-24-19)17(21)13-4-2-1-3-5-13/h6-11,13,17H,1-5,21H2,(H,22,23,24). The number of nitrogens with one attached hydrogen (secondary N) is 1. The summed E-state index contributed by atoms with van der Waals surface area (Å²) in [7, 11) is 0. The molecular formula is C19H21FN4. The van der Waals surface area contributed by atoms with Crippen molar-refractivity contribution < 1.29 is 4.39 Å². The molecule has 1 fully saturated rings. The van der Waals surface area contributed by atoms with Gasteiger partial charge in [0.25, 0.3) is 0 Å². The lowest BCUT2D eigenvalue weighted by Crippen LogP contribution is -2.24. The first-order valence-corrected chi connectivity index (χ1v) is 8.57.